The van der Waals surface area contributed by atoms with E-state index in [9.17, 15) is 24.0 Å². The van der Waals surface area contributed by atoms with Gasteiger partial charge in [0.25, 0.3) is 0 Å². The van der Waals surface area contributed by atoms with Crippen molar-refractivity contribution in [3.63, 3.8) is 0 Å². The van der Waals surface area contributed by atoms with Crippen LogP contribution in [0.25, 0.3) is 0 Å². The van der Waals surface area contributed by atoms with E-state index >= 15 is 0 Å². The third kappa shape index (κ3) is 4.48. The maximum absolute atomic E-state index is 12.4. The van der Waals surface area contributed by atoms with E-state index < -0.39 is 35.6 Å². The molecule has 1 N–H and O–H groups in total. The van der Waals surface area contributed by atoms with E-state index in [2.05, 4.69) is 11.9 Å². The molecule has 0 unspecified atom stereocenters. The number of imide groups is 2. The van der Waals surface area contributed by atoms with E-state index in [1.165, 1.54) is 6.08 Å². The fourth-order valence-corrected chi connectivity index (χ4v) is 3.13. The minimum Gasteiger partial charge on any atom is -0.351 e. The van der Waals surface area contributed by atoms with Crippen molar-refractivity contribution in [2.45, 2.75) is 27.3 Å². The van der Waals surface area contributed by atoms with Crippen molar-refractivity contribution >= 4 is 40.9 Å². The van der Waals surface area contributed by atoms with Crippen LogP contribution in [0.2, 0.25) is 0 Å². The predicted octanol–water partition coefficient (Wildman–Crippen LogP) is 1.57. The van der Waals surface area contributed by atoms with Gasteiger partial charge in [0.15, 0.2) is 5.78 Å². The third-order valence-electron chi connectivity index (χ3n) is 3.79. The lowest BCUT2D eigenvalue weighted by molar-refractivity contribution is -0.142. The average Bonchev–Trinajstić information content (AvgIpc) is 3.14. The molecule has 1 aromatic heterocycles. The van der Waals surface area contributed by atoms with Gasteiger partial charge in [-0.1, -0.05) is 26.8 Å². The molecule has 9 heteroatoms. The molecular weight excluding hydrogens is 370 g/mol. The van der Waals surface area contributed by atoms with Crippen LogP contribution >= 0.6 is 11.3 Å². The quantitative estimate of drug-likeness (QED) is 0.329. The lowest BCUT2D eigenvalue weighted by atomic mass is 9.96. The zero-order valence-corrected chi connectivity index (χ0v) is 16.2. The zero-order valence-electron chi connectivity index (χ0n) is 15.4. The Kier molecular flexibility index (Phi) is 5.94. The molecule has 0 bridgehead atoms. The highest BCUT2D eigenvalue weighted by Gasteiger charge is 2.44. The normalized spacial score (nSPS) is 14.7. The zero-order chi connectivity index (χ0) is 20.4. The summed E-state index contributed by atoms with van der Waals surface area (Å²) in [4.78, 5) is 62.6. The number of nitrogens with zero attached hydrogens (tertiary/aromatic N) is 2. The summed E-state index contributed by atoms with van der Waals surface area (Å²) in [6.45, 7) is 8.50. The Morgan fingerprint density at radius 2 is 1.78 bits per heavy atom. The van der Waals surface area contributed by atoms with Crippen molar-refractivity contribution in [3.05, 3.63) is 34.5 Å². The van der Waals surface area contributed by atoms with Gasteiger partial charge in [-0.25, -0.2) is 9.69 Å². The molecule has 144 valence electrons. The topological polar surface area (TPSA) is 104 Å². The van der Waals surface area contributed by atoms with E-state index in [1.807, 2.05) is 0 Å². The Morgan fingerprint density at radius 1 is 1.15 bits per heavy atom. The van der Waals surface area contributed by atoms with Crippen LogP contribution in [0.3, 0.4) is 0 Å². The summed E-state index contributed by atoms with van der Waals surface area (Å²) in [7, 11) is 0. The van der Waals surface area contributed by atoms with Crippen LogP contribution in [-0.4, -0.2) is 52.4 Å². The molecule has 1 aromatic rings. The fourth-order valence-electron chi connectivity index (χ4n) is 2.26. The lowest BCUT2D eigenvalue weighted by Crippen LogP contribution is -2.36. The third-order valence-corrected chi connectivity index (χ3v) is 4.92. The Labute approximate surface area is 160 Å². The first kappa shape index (κ1) is 20.5. The number of urea groups is 1. The second-order valence-electron chi connectivity index (χ2n) is 7.00. The van der Waals surface area contributed by atoms with E-state index in [-0.39, 0.29) is 19.0 Å². The first-order valence-corrected chi connectivity index (χ1v) is 9.06. The van der Waals surface area contributed by atoms with Crippen LogP contribution < -0.4 is 5.32 Å². The van der Waals surface area contributed by atoms with Gasteiger partial charge in [-0.05, 0) is 12.1 Å². The number of Topliss-reactive ketones (excluding diaryl/α,β-unsaturated/α-hetero) is 1. The van der Waals surface area contributed by atoms with Gasteiger partial charge >= 0.3 is 17.8 Å². The van der Waals surface area contributed by atoms with Crippen LogP contribution in [0.4, 0.5) is 4.79 Å². The molecule has 0 aromatic carbocycles. The summed E-state index contributed by atoms with van der Waals surface area (Å²) in [5.41, 5.74) is -0.518. The molecule has 0 atom stereocenters. The van der Waals surface area contributed by atoms with E-state index in [1.54, 1.807) is 32.9 Å². The first-order valence-electron chi connectivity index (χ1n) is 8.24. The van der Waals surface area contributed by atoms with E-state index in [0.29, 0.717) is 9.78 Å². The lowest BCUT2D eigenvalue weighted by Gasteiger charge is -2.17. The van der Waals surface area contributed by atoms with Crippen molar-refractivity contribution in [2.75, 3.05) is 13.1 Å². The molecule has 2 heterocycles. The first-order chi connectivity index (χ1) is 12.6. The van der Waals surface area contributed by atoms with Crippen molar-refractivity contribution in [1.82, 2.24) is 15.1 Å². The van der Waals surface area contributed by atoms with Crippen molar-refractivity contribution in [1.29, 1.82) is 0 Å². The summed E-state index contributed by atoms with van der Waals surface area (Å²) < 4.78 is 0. The number of rotatable bonds is 7. The SMILES string of the molecule is C=CCN1C(=O)C(=O)N(CC(=O)c2ccc(CNC(=O)C(C)(C)C)s2)C1=O. The molecule has 8 nitrogen and oxygen atoms in total. The Morgan fingerprint density at radius 3 is 2.37 bits per heavy atom. The Bertz CT molecular complexity index is 821. The van der Waals surface area contributed by atoms with Gasteiger partial charge in [0.1, 0.15) is 0 Å². The second kappa shape index (κ2) is 7.83. The summed E-state index contributed by atoms with van der Waals surface area (Å²) in [6, 6.07) is 2.44. The number of nitrogens with one attached hydrogen (secondary N) is 1. The minimum absolute atomic E-state index is 0.0925. The molecule has 1 aliphatic rings. The van der Waals surface area contributed by atoms with Gasteiger partial charge < -0.3 is 5.32 Å². The van der Waals surface area contributed by atoms with Gasteiger partial charge in [-0.2, -0.15) is 0 Å². The average molecular weight is 391 g/mol. The van der Waals surface area contributed by atoms with Gasteiger partial charge in [-0.15, -0.1) is 17.9 Å². The molecule has 1 fully saturated rings. The monoisotopic (exact) mass is 391 g/mol. The second-order valence-corrected chi connectivity index (χ2v) is 8.17. The highest BCUT2D eigenvalue weighted by atomic mass is 32.1. The molecule has 27 heavy (non-hydrogen) atoms. The number of amides is 5. The van der Waals surface area contributed by atoms with Gasteiger partial charge in [0.05, 0.1) is 18.0 Å². The van der Waals surface area contributed by atoms with Crippen molar-refractivity contribution in [2.24, 2.45) is 5.41 Å². The molecule has 0 radical (unpaired) electrons. The summed E-state index contributed by atoms with van der Waals surface area (Å²) >= 11 is 1.16. The van der Waals surface area contributed by atoms with Crippen LogP contribution in [0.15, 0.2) is 24.8 Å². The number of hydrogen-bond acceptors (Lipinski definition) is 6. The van der Waals surface area contributed by atoms with Crippen molar-refractivity contribution < 1.29 is 24.0 Å². The summed E-state index contributed by atoms with van der Waals surface area (Å²) in [6.07, 6.45) is 1.33. The van der Waals surface area contributed by atoms with E-state index in [4.69, 9.17) is 0 Å². The number of thiophene rings is 1. The highest BCUT2D eigenvalue weighted by Crippen LogP contribution is 2.20. The van der Waals surface area contributed by atoms with Gasteiger partial charge in [-0.3, -0.25) is 24.1 Å². The predicted molar refractivity (Wildman–Crippen MR) is 99.0 cm³/mol. The van der Waals surface area contributed by atoms with Gasteiger partial charge in [0.2, 0.25) is 5.91 Å². The molecule has 5 amide bonds. The van der Waals surface area contributed by atoms with Crippen LogP contribution in [0.5, 0.6) is 0 Å². The highest BCUT2D eigenvalue weighted by molar-refractivity contribution is 7.14. The molecule has 0 spiro atoms. The van der Waals surface area contributed by atoms with Crippen LogP contribution in [-0.2, 0) is 20.9 Å². The molecule has 1 aliphatic heterocycles. The summed E-state index contributed by atoms with van der Waals surface area (Å²) in [5.74, 6) is -2.56. The smallest absolute Gasteiger partial charge is 0.334 e. The van der Waals surface area contributed by atoms with Crippen LogP contribution in [0, 0.1) is 5.41 Å². The van der Waals surface area contributed by atoms with Gasteiger partial charge in [0, 0.05) is 16.8 Å². The fraction of sp³-hybridized carbons (Fsp3) is 0.389. The van der Waals surface area contributed by atoms with E-state index in [0.717, 1.165) is 21.1 Å². The minimum atomic E-state index is -1.02. The maximum Gasteiger partial charge on any atom is 0.334 e. The Balaban J connectivity index is 2.01. The number of hydrogen-bond donors (Lipinski definition) is 1. The summed E-state index contributed by atoms with van der Waals surface area (Å²) in [5, 5.41) is 2.78. The molecule has 0 saturated carbocycles. The molecule has 2 rings (SSSR count). The van der Waals surface area contributed by atoms with Crippen molar-refractivity contribution in [3.8, 4) is 0 Å². The Hall–Kier alpha value is -2.81. The maximum atomic E-state index is 12.4. The molecular formula is C18H21N3O5S. The van der Waals surface area contributed by atoms with Crippen LogP contribution in [0.1, 0.15) is 35.3 Å². The number of carbonyl (C=O) groups is 5. The number of ketones is 1. The molecule has 0 aliphatic carbocycles. The molecule has 1 saturated heterocycles. The largest absolute Gasteiger partial charge is 0.351 e. The standard InChI is InChI=1S/C18H21N3O5S/c1-5-8-20-14(23)15(24)21(17(20)26)10-12(22)13-7-6-11(27-13)9-19-16(25)18(2,3)4/h5-7H,1,8-10H2,2-4H3,(H,19,25). The number of carbonyl (C=O) groups excluding carboxylic acids is 5.